The Hall–Kier alpha value is -0.0800. The number of rotatable bonds is 3. The van der Waals surface area contributed by atoms with E-state index in [9.17, 15) is 5.11 Å². The van der Waals surface area contributed by atoms with E-state index in [4.69, 9.17) is 0 Å². The topological polar surface area (TPSA) is 23.5 Å². The predicted octanol–water partition coefficient (Wildman–Crippen LogP) is 1.74. The Morgan fingerprint density at radius 1 is 1.33 bits per heavy atom. The van der Waals surface area contributed by atoms with E-state index < -0.39 is 0 Å². The molecule has 1 rings (SSSR count). The molecule has 12 heavy (non-hydrogen) atoms. The molecule has 0 bridgehead atoms. The monoisotopic (exact) mass is 173 g/mol. The Morgan fingerprint density at radius 2 is 1.75 bits per heavy atom. The highest BCUT2D eigenvalue weighted by Gasteiger charge is 2.46. The molecule has 0 spiro atoms. The van der Waals surface area contributed by atoms with Crippen molar-refractivity contribution in [3.63, 3.8) is 0 Å². The second-order valence-corrected chi connectivity index (χ2v) is 3.78. The molecule has 1 N–H and O–H groups in total. The van der Waals surface area contributed by atoms with Crippen LogP contribution in [0.1, 0.15) is 33.6 Å². The van der Waals surface area contributed by atoms with E-state index in [1.54, 1.807) is 0 Å². The molecule has 1 saturated carbocycles. The van der Waals surface area contributed by atoms with Crippen molar-refractivity contribution >= 4 is 0 Å². The molecule has 0 radical (unpaired) electrons. The average molecular weight is 173 g/mol. The minimum atomic E-state index is -0.130. The van der Waals surface area contributed by atoms with Crippen molar-refractivity contribution in [1.82, 2.24) is 4.90 Å². The normalized spacial score (nSPS) is 21.2. The third-order valence-electron chi connectivity index (χ3n) is 2.41. The number of aliphatic hydroxyl groups is 1. The minimum absolute atomic E-state index is 0.130. The molecule has 2 heteroatoms. The van der Waals surface area contributed by atoms with Crippen LogP contribution in [0, 0.1) is 5.41 Å². The third-order valence-corrected chi connectivity index (χ3v) is 2.41. The maximum Gasteiger partial charge on any atom is 0.0580 e. The van der Waals surface area contributed by atoms with Crippen LogP contribution in [0.2, 0.25) is 0 Å². The molecule has 0 aromatic heterocycles. The van der Waals surface area contributed by atoms with Gasteiger partial charge in [-0.2, -0.15) is 0 Å². The van der Waals surface area contributed by atoms with Crippen molar-refractivity contribution in [3.05, 3.63) is 0 Å². The van der Waals surface area contributed by atoms with Crippen molar-refractivity contribution < 1.29 is 5.11 Å². The van der Waals surface area contributed by atoms with Crippen molar-refractivity contribution in [2.24, 2.45) is 5.41 Å². The third kappa shape index (κ3) is 3.11. The molecular weight excluding hydrogens is 150 g/mol. The van der Waals surface area contributed by atoms with E-state index in [1.807, 2.05) is 20.8 Å². The predicted molar refractivity (Wildman–Crippen MR) is 53.2 cm³/mol. The van der Waals surface area contributed by atoms with Gasteiger partial charge in [-0.3, -0.25) is 0 Å². The summed E-state index contributed by atoms with van der Waals surface area (Å²) < 4.78 is 0. The quantitative estimate of drug-likeness (QED) is 0.702. The molecule has 0 aromatic carbocycles. The molecule has 74 valence electrons. The van der Waals surface area contributed by atoms with Gasteiger partial charge in [0.05, 0.1) is 6.10 Å². The van der Waals surface area contributed by atoms with Gasteiger partial charge in [-0.05, 0) is 33.9 Å². The van der Waals surface area contributed by atoms with Gasteiger partial charge in [-0.15, -0.1) is 0 Å². The molecular formula is C10H23NO. The van der Waals surface area contributed by atoms with Crippen LogP contribution < -0.4 is 0 Å². The summed E-state index contributed by atoms with van der Waals surface area (Å²) in [4.78, 5) is 2.15. The molecule has 2 nitrogen and oxygen atoms in total. The zero-order chi connectivity index (χ0) is 9.78. The van der Waals surface area contributed by atoms with Crippen LogP contribution in [-0.4, -0.2) is 36.8 Å². The summed E-state index contributed by atoms with van der Waals surface area (Å²) in [5.74, 6) is 0. The summed E-state index contributed by atoms with van der Waals surface area (Å²) in [5, 5.41) is 9.36. The first-order valence-corrected chi connectivity index (χ1v) is 4.90. The Morgan fingerprint density at radius 3 is 1.83 bits per heavy atom. The van der Waals surface area contributed by atoms with E-state index in [0.29, 0.717) is 0 Å². The summed E-state index contributed by atoms with van der Waals surface area (Å²) in [6.07, 6.45) is 2.26. The molecule has 1 atom stereocenters. The highest BCUT2D eigenvalue weighted by molar-refractivity contribution is 4.98. The van der Waals surface area contributed by atoms with Crippen molar-refractivity contribution in [3.8, 4) is 0 Å². The molecule has 0 amide bonds. The fraction of sp³-hybridized carbons (Fsp3) is 1.00. The molecule has 0 aromatic rings. The summed E-state index contributed by atoms with van der Waals surface area (Å²) in [7, 11) is 4.12. The van der Waals surface area contributed by atoms with E-state index in [0.717, 1.165) is 6.54 Å². The van der Waals surface area contributed by atoms with Crippen molar-refractivity contribution in [1.29, 1.82) is 0 Å². The van der Waals surface area contributed by atoms with Crippen LogP contribution in [0.4, 0.5) is 0 Å². The lowest BCUT2D eigenvalue weighted by Crippen LogP contribution is -2.30. The molecule has 1 aliphatic rings. The first-order chi connectivity index (χ1) is 5.57. The average Bonchev–Trinajstić information content (AvgIpc) is 2.72. The fourth-order valence-corrected chi connectivity index (χ4v) is 1.50. The van der Waals surface area contributed by atoms with Crippen LogP contribution in [0.15, 0.2) is 0 Å². The molecule has 1 unspecified atom stereocenters. The van der Waals surface area contributed by atoms with Crippen LogP contribution in [0.5, 0.6) is 0 Å². The summed E-state index contributed by atoms with van der Waals surface area (Å²) in [5.41, 5.74) is 0.253. The van der Waals surface area contributed by atoms with Gasteiger partial charge in [0.1, 0.15) is 0 Å². The number of aliphatic hydroxyl groups excluding tert-OH is 1. The lowest BCUT2D eigenvalue weighted by atomic mass is 10.0. The first-order valence-electron chi connectivity index (χ1n) is 4.90. The van der Waals surface area contributed by atoms with Gasteiger partial charge >= 0.3 is 0 Å². The summed E-state index contributed by atoms with van der Waals surface area (Å²) >= 11 is 0. The molecule has 1 aliphatic carbocycles. The SMILES string of the molecule is CC.CC(O)C1(CN(C)C)CC1. The van der Waals surface area contributed by atoms with Crippen LogP contribution >= 0.6 is 0 Å². The van der Waals surface area contributed by atoms with Crippen LogP contribution in [0.25, 0.3) is 0 Å². The Labute approximate surface area is 76.6 Å². The molecule has 0 saturated heterocycles. The maximum atomic E-state index is 9.36. The summed E-state index contributed by atoms with van der Waals surface area (Å²) in [6.45, 7) is 6.93. The molecule has 0 aliphatic heterocycles. The van der Waals surface area contributed by atoms with E-state index in [-0.39, 0.29) is 11.5 Å². The zero-order valence-electron chi connectivity index (χ0n) is 9.09. The van der Waals surface area contributed by atoms with Crippen LogP contribution in [-0.2, 0) is 0 Å². The smallest absolute Gasteiger partial charge is 0.0580 e. The molecule has 1 fully saturated rings. The van der Waals surface area contributed by atoms with Crippen molar-refractivity contribution in [2.45, 2.75) is 39.7 Å². The summed E-state index contributed by atoms with van der Waals surface area (Å²) in [6, 6.07) is 0. The second kappa shape index (κ2) is 4.83. The largest absolute Gasteiger partial charge is 0.393 e. The van der Waals surface area contributed by atoms with Gasteiger partial charge in [0.2, 0.25) is 0 Å². The Balaban J connectivity index is 0.000000561. The minimum Gasteiger partial charge on any atom is -0.393 e. The van der Waals surface area contributed by atoms with Gasteiger partial charge in [-0.1, -0.05) is 13.8 Å². The Bertz CT molecular complexity index is 117. The van der Waals surface area contributed by atoms with Gasteiger partial charge < -0.3 is 10.0 Å². The first kappa shape index (κ1) is 11.9. The van der Waals surface area contributed by atoms with Crippen molar-refractivity contribution in [2.75, 3.05) is 20.6 Å². The lowest BCUT2D eigenvalue weighted by molar-refractivity contribution is 0.0904. The van der Waals surface area contributed by atoms with Gasteiger partial charge in [-0.25, -0.2) is 0 Å². The van der Waals surface area contributed by atoms with Gasteiger partial charge in [0.15, 0.2) is 0 Å². The Kier molecular flexibility index (Phi) is 4.80. The fourth-order valence-electron chi connectivity index (χ4n) is 1.50. The van der Waals surface area contributed by atoms with E-state index in [1.165, 1.54) is 12.8 Å². The zero-order valence-corrected chi connectivity index (χ0v) is 9.09. The maximum absolute atomic E-state index is 9.36. The van der Waals surface area contributed by atoms with Crippen LogP contribution in [0.3, 0.4) is 0 Å². The highest BCUT2D eigenvalue weighted by atomic mass is 16.3. The highest BCUT2D eigenvalue weighted by Crippen LogP contribution is 2.48. The standard InChI is InChI=1S/C8H17NO.C2H6/c1-7(10)8(4-5-8)6-9(2)3;1-2/h7,10H,4-6H2,1-3H3;1-2H3. The number of hydrogen-bond donors (Lipinski definition) is 1. The lowest BCUT2D eigenvalue weighted by Gasteiger charge is -2.22. The van der Waals surface area contributed by atoms with E-state index in [2.05, 4.69) is 19.0 Å². The number of nitrogens with zero attached hydrogens (tertiary/aromatic N) is 1. The molecule has 0 heterocycles. The second-order valence-electron chi connectivity index (χ2n) is 3.78. The number of hydrogen-bond acceptors (Lipinski definition) is 2. The van der Waals surface area contributed by atoms with Gasteiger partial charge in [0, 0.05) is 12.0 Å². The van der Waals surface area contributed by atoms with Gasteiger partial charge in [0.25, 0.3) is 0 Å². The van der Waals surface area contributed by atoms with E-state index >= 15 is 0 Å².